The van der Waals surface area contributed by atoms with Gasteiger partial charge in [0.05, 0.1) is 28.7 Å². The highest BCUT2D eigenvalue weighted by molar-refractivity contribution is 6.36. The number of hydrogen-bond acceptors (Lipinski definition) is 5. The van der Waals surface area contributed by atoms with Crippen LogP contribution in [0.2, 0.25) is 10.0 Å². The molecule has 8 nitrogen and oxygen atoms in total. The van der Waals surface area contributed by atoms with Crippen LogP contribution < -0.4 is 10.6 Å². The highest BCUT2D eigenvalue weighted by Crippen LogP contribution is 2.30. The Labute approximate surface area is 190 Å². The van der Waals surface area contributed by atoms with Crippen LogP contribution in [0.3, 0.4) is 0 Å². The summed E-state index contributed by atoms with van der Waals surface area (Å²) < 4.78 is 0. The normalized spacial score (nSPS) is 10.8. The molecule has 0 atom stereocenters. The number of anilines is 2. The summed E-state index contributed by atoms with van der Waals surface area (Å²) in [7, 11) is 0. The Bertz CT molecular complexity index is 998. The van der Waals surface area contributed by atoms with Crippen molar-refractivity contribution in [3.05, 3.63) is 61.6 Å². The molecule has 0 radical (unpaired) electrons. The quantitative estimate of drug-likeness (QED) is 0.407. The number of nitro groups is 1. The van der Waals surface area contributed by atoms with Crippen molar-refractivity contribution >= 4 is 52.1 Å². The second-order valence-electron chi connectivity index (χ2n) is 7.09. The van der Waals surface area contributed by atoms with Gasteiger partial charge in [-0.2, -0.15) is 0 Å². The van der Waals surface area contributed by atoms with Crippen LogP contribution in [0.4, 0.5) is 17.1 Å². The van der Waals surface area contributed by atoms with Crippen molar-refractivity contribution < 1.29 is 14.5 Å². The van der Waals surface area contributed by atoms with Gasteiger partial charge >= 0.3 is 0 Å². The van der Waals surface area contributed by atoms with Gasteiger partial charge in [0.1, 0.15) is 5.69 Å². The number of halogens is 2. The second kappa shape index (κ2) is 11.1. The zero-order chi connectivity index (χ0) is 23.1. The molecule has 10 heteroatoms. The number of aryl methyl sites for hydroxylation is 1. The minimum absolute atomic E-state index is 0.0465. The Kier molecular flexibility index (Phi) is 8.79. The van der Waals surface area contributed by atoms with Crippen molar-refractivity contribution in [2.45, 2.75) is 27.2 Å². The lowest BCUT2D eigenvalue weighted by atomic mass is 10.1. The van der Waals surface area contributed by atoms with Crippen LogP contribution in [0.25, 0.3) is 0 Å². The van der Waals surface area contributed by atoms with E-state index in [1.54, 1.807) is 30.0 Å². The Morgan fingerprint density at radius 2 is 1.71 bits per heavy atom. The van der Waals surface area contributed by atoms with Crippen LogP contribution in [0.1, 0.15) is 24.5 Å². The Morgan fingerprint density at radius 3 is 2.29 bits per heavy atom. The first-order chi connectivity index (χ1) is 14.6. The van der Waals surface area contributed by atoms with Gasteiger partial charge < -0.3 is 10.6 Å². The summed E-state index contributed by atoms with van der Waals surface area (Å²) in [6, 6.07) is 7.73. The molecule has 2 N–H and O–H groups in total. The number of carbonyl (C=O) groups excluding carboxylic acids is 2. The van der Waals surface area contributed by atoms with Crippen LogP contribution in [-0.2, 0) is 9.59 Å². The molecule has 0 bridgehead atoms. The van der Waals surface area contributed by atoms with Gasteiger partial charge in [-0.15, -0.1) is 0 Å². The number of hydrogen-bond donors (Lipinski definition) is 2. The van der Waals surface area contributed by atoms with E-state index in [1.165, 1.54) is 12.1 Å². The van der Waals surface area contributed by atoms with E-state index in [2.05, 4.69) is 10.6 Å². The average molecular weight is 467 g/mol. The molecule has 0 spiro atoms. The fraction of sp³-hybridized carbons (Fsp3) is 0.333. The molecule has 31 heavy (non-hydrogen) atoms. The molecule has 0 saturated heterocycles. The SMILES string of the molecule is CCCN(CC(=O)Nc1ccc(Cl)cc1Cl)CC(=O)Nc1c([N+](=O)[O-])ccc(C)c1C. The Morgan fingerprint density at radius 1 is 1.06 bits per heavy atom. The summed E-state index contributed by atoms with van der Waals surface area (Å²) in [6.45, 7) is 5.79. The van der Waals surface area contributed by atoms with Crippen molar-refractivity contribution in [1.82, 2.24) is 4.90 Å². The van der Waals surface area contributed by atoms with Gasteiger partial charge in [-0.05, 0) is 56.1 Å². The number of nitrogens with zero attached hydrogens (tertiary/aromatic N) is 2. The zero-order valence-corrected chi connectivity index (χ0v) is 19.0. The minimum atomic E-state index is -0.533. The molecule has 0 unspecified atom stereocenters. The van der Waals surface area contributed by atoms with Crippen molar-refractivity contribution in [1.29, 1.82) is 0 Å². The smallest absolute Gasteiger partial charge is 0.293 e. The van der Waals surface area contributed by atoms with E-state index in [0.717, 1.165) is 5.56 Å². The van der Waals surface area contributed by atoms with Crippen LogP contribution >= 0.6 is 23.2 Å². The zero-order valence-electron chi connectivity index (χ0n) is 17.5. The Hall–Kier alpha value is -2.68. The number of nitrogens with one attached hydrogen (secondary N) is 2. The lowest BCUT2D eigenvalue weighted by Gasteiger charge is -2.21. The van der Waals surface area contributed by atoms with E-state index >= 15 is 0 Å². The topological polar surface area (TPSA) is 105 Å². The Balaban J connectivity index is 2.08. The van der Waals surface area contributed by atoms with Crippen molar-refractivity contribution in [2.24, 2.45) is 0 Å². The predicted molar refractivity (Wildman–Crippen MR) is 123 cm³/mol. The van der Waals surface area contributed by atoms with Crippen molar-refractivity contribution in [3.63, 3.8) is 0 Å². The largest absolute Gasteiger partial charge is 0.324 e. The number of benzene rings is 2. The van der Waals surface area contributed by atoms with Crippen LogP contribution in [0.15, 0.2) is 30.3 Å². The van der Waals surface area contributed by atoms with E-state index < -0.39 is 10.8 Å². The molecule has 0 aliphatic rings. The molecule has 0 saturated carbocycles. The highest BCUT2D eigenvalue weighted by Gasteiger charge is 2.21. The standard InChI is InChI=1S/C21H24Cl2N4O4/c1-4-9-26(11-19(28)24-17-7-6-15(22)10-16(17)23)12-20(29)25-21-14(3)13(2)5-8-18(21)27(30)31/h5-8,10H,4,9,11-12H2,1-3H3,(H,24,28)(H,25,29). The van der Waals surface area contributed by atoms with Gasteiger partial charge in [0, 0.05) is 11.1 Å². The molecule has 0 heterocycles. The van der Waals surface area contributed by atoms with Gasteiger partial charge in [0.25, 0.3) is 5.69 Å². The molecule has 0 fully saturated rings. The summed E-state index contributed by atoms with van der Waals surface area (Å²) in [5.74, 6) is -0.786. The molecule has 2 rings (SSSR count). The number of rotatable bonds is 9. The van der Waals surface area contributed by atoms with Crippen molar-refractivity contribution in [3.8, 4) is 0 Å². The first kappa shape index (κ1) is 24.6. The molecule has 2 aromatic rings. The van der Waals surface area contributed by atoms with Crippen molar-refractivity contribution in [2.75, 3.05) is 30.3 Å². The van der Waals surface area contributed by atoms with Gasteiger partial charge in [0.15, 0.2) is 0 Å². The highest BCUT2D eigenvalue weighted by atomic mass is 35.5. The molecular formula is C21H24Cl2N4O4. The van der Waals surface area contributed by atoms with E-state index in [0.29, 0.717) is 34.3 Å². The summed E-state index contributed by atoms with van der Waals surface area (Å²) in [5.41, 5.74) is 1.87. The summed E-state index contributed by atoms with van der Waals surface area (Å²) >= 11 is 11.9. The number of carbonyl (C=O) groups is 2. The molecule has 0 aromatic heterocycles. The van der Waals surface area contributed by atoms with E-state index in [4.69, 9.17) is 23.2 Å². The summed E-state index contributed by atoms with van der Waals surface area (Å²) in [5, 5.41) is 17.4. The first-order valence-corrected chi connectivity index (χ1v) is 10.4. The minimum Gasteiger partial charge on any atom is -0.324 e. The van der Waals surface area contributed by atoms with E-state index in [-0.39, 0.29) is 30.4 Å². The maximum atomic E-state index is 12.6. The summed E-state index contributed by atoms with van der Waals surface area (Å²) in [4.78, 5) is 37.5. The maximum absolute atomic E-state index is 12.6. The van der Waals surface area contributed by atoms with Gasteiger partial charge in [-0.1, -0.05) is 36.2 Å². The summed E-state index contributed by atoms with van der Waals surface area (Å²) in [6.07, 6.45) is 0.714. The predicted octanol–water partition coefficient (Wildman–Crippen LogP) is 4.81. The third-order valence-electron chi connectivity index (χ3n) is 4.65. The lowest BCUT2D eigenvalue weighted by Crippen LogP contribution is -2.39. The van der Waals surface area contributed by atoms with Gasteiger partial charge in [0.2, 0.25) is 11.8 Å². The maximum Gasteiger partial charge on any atom is 0.293 e. The fourth-order valence-electron chi connectivity index (χ4n) is 3.01. The van der Waals surface area contributed by atoms with E-state index in [1.807, 2.05) is 13.8 Å². The van der Waals surface area contributed by atoms with E-state index in [9.17, 15) is 19.7 Å². The average Bonchev–Trinajstić information content (AvgIpc) is 2.67. The molecular weight excluding hydrogens is 443 g/mol. The number of nitro benzene ring substituents is 1. The molecule has 0 aliphatic heterocycles. The lowest BCUT2D eigenvalue weighted by molar-refractivity contribution is -0.384. The second-order valence-corrected chi connectivity index (χ2v) is 7.93. The monoisotopic (exact) mass is 466 g/mol. The third-order valence-corrected chi connectivity index (χ3v) is 5.20. The molecule has 0 aliphatic carbocycles. The van der Waals surface area contributed by atoms with Gasteiger partial charge in [-0.25, -0.2) is 0 Å². The van der Waals surface area contributed by atoms with Crippen LogP contribution in [0.5, 0.6) is 0 Å². The first-order valence-electron chi connectivity index (χ1n) is 9.64. The van der Waals surface area contributed by atoms with Gasteiger partial charge in [-0.3, -0.25) is 24.6 Å². The molecule has 2 aromatic carbocycles. The van der Waals surface area contributed by atoms with Crippen LogP contribution in [-0.4, -0.2) is 41.3 Å². The van der Waals surface area contributed by atoms with Crippen LogP contribution in [0, 0.1) is 24.0 Å². The molecule has 2 amide bonds. The molecule has 166 valence electrons. The number of amides is 2. The third kappa shape index (κ3) is 6.92. The fourth-order valence-corrected chi connectivity index (χ4v) is 3.46.